The summed E-state index contributed by atoms with van der Waals surface area (Å²) >= 11 is 0. The number of hydrogen-bond acceptors (Lipinski definition) is 4. The normalized spacial score (nSPS) is 10.7. The van der Waals surface area contributed by atoms with Gasteiger partial charge in [0.25, 0.3) is 0 Å². The number of rotatable bonds is 3. The molecule has 0 saturated carbocycles. The molecule has 0 aliphatic carbocycles. The van der Waals surface area contributed by atoms with Gasteiger partial charge in [-0.2, -0.15) is 0 Å². The Morgan fingerprint density at radius 3 is 2.22 bits per heavy atom. The third kappa shape index (κ3) is 2.40. The van der Waals surface area contributed by atoms with Crippen molar-refractivity contribution in [1.82, 2.24) is 9.55 Å². The lowest BCUT2D eigenvalue weighted by Crippen LogP contribution is -2.18. The van der Waals surface area contributed by atoms with Crippen LogP contribution in [0.1, 0.15) is 38.3 Å². The summed E-state index contributed by atoms with van der Waals surface area (Å²) in [6, 6.07) is 12.7. The molecule has 0 aliphatic rings. The number of hydrogen-bond donors (Lipinski definition) is 1. The van der Waals surface area contributed by atoms with E-state index >= 15 is 0 Å². The zero-order valence-corrected chi connectivity index (χ0v) is 12.2. The predicted octanol–water partition coefficient (Wildman–Crippen LogP) is 2.63. The number of benzene rings is 2. The maximum atomic E-state index is 12.8. The average molecular weight is 308 g/mol. The molecule has 0 atom stereocenters. The van der Waals surface area contributed by atoms with E-state index in [0.717, 1.165) is 0 Å². The Morgan fingerprint density at radius 1 is 0.957 bits per heavy atom. The molecule has 23 heavy (non-hydrogen) atoms. The van der Waals surface area contributed by atoms with Gasteiger partial charge >= 0.3 is 5.97 Å². The molecule has 0 aliphatic heterocycles. The topological polar surface area (TPSA) is 89.3 Å². The van der Waals surface area contributed by atoms with Crippen molar-refractivity contribution < 1.29 is 19.5 Å². The van der Waals surface area contributed by atoms with E-state index in [0.29, 0.717) is 11.0 Å². The van der Waals surface area contributed by atoms with Crippen LogP contribution >= 0.6 is 0 Å². The molecule has 0 radical (unpaired) electrons. The summed E-state index contributed by atoms with van der Waals surface area (Å²) in [4.78, 5) is 40.2. The lowest BCUT2D eigenvalue weighted by Gasteiger charge is -2.06. The van der Waals surface area contributed by atoms with Gasteiger partial charge in [-0.15, -0.1) is 0 Å². The Morgan fingerprint density at radius 2 is 1.57 bits per heavy atom. The van der Waals surface area contributed by atoms with E-state index in [1.54, 1.807) is 30.3 Å². The number of nitrogens with zero attached hydrogens (tertiary/aromatic N) is 2. The van der Waals surface area contributed by atoms with Gasteiger partial charge in [0.05, 0.1) is 16.6 Å². The molecule has 0 unspecified atom stereocenters. The van der Waals surface area contributed by atoms with E-state index in [9.17, 15) is 19.5 Å². The zero-order valence-electron chi connectivity index (χ0n) is 12.2. The molecular weight excluding hydrogens is 296 g/mol. The van der Waals surface area contributed by atoms with E-state index in [1.165, 1.54) is 29.7 Å². The number of aromatic nitrogens is 2. The number of carbonyl (C=O) groups is 3. The van der Waals surface area contributed by atoms with Crippen LogP contribution in [0.3, 0.4) is 0 Å². The van der Waals surface area contributed by atoms with Gasteiger partial charge < -0.3 is 5.11 Å². The smallest absolute Gasteiger partial charge is 0.336 e. The molecule has 3 rings (SSSR count). The minimum Gasteiger partial charge on any atom is -0.478 e. The molecule has 6 nitrogen and oxygen atoms in total. The fraction of sp³-hybridized carbons (Fsp3) is 0.0588. The second kappa shape index (κ2) is 5.49. The Balaban J connectivity index is 2.25. The maximum absolute atomic E-state index is 12.8. The van der Waals surface area contributed by atoms with Gasteiger partial charge in [0.2, 0.25) is 11.7 Å². The fourth-order valence-electron chi connectivity index (χ4n) is 2.49. The summed E-state index contributed by atoms with van der Waals surface area (Å²) in [6.07, 6.45) is 0. The van der Waals surface area contributed by atoms with Crippen molar-refractivity contribution in [1.29, 1.82) is 0 Å². The third-order valence-corrected chi connectivity index (χ3v) is 3.48. The number of carboxylic acid groups (broad SMARTS) is 1. The summed E-state index contributed by atoms with van der Waals surface area (Å²) in [5.74, 6) is -2.27. The van der Waals surface area contributed by atoms with Crippen LogP contribution in [0.4, 0.5) is 0 Å². The Hall–Kier alpha value is -3.28. The monoisotopic (exact) mass is 308 g/mol. The number of fused-ring (bicyclic) bond motifs is 1. The molecule has 2 aromatic carbocycles. The highest BCUT2D eigenvalue weighted by molar-refractivity contribution is 6.15. The summed E-state index contributed by atoms with van der Waals surface area (Å²) < 4.78 is 1.20. The van der Waals surface area contributed by atoms with E-state index in [1.807, 2.05) is 0 Å². The Bertz CT molecular complexity index is 956. The van der Waals surface area contributed by atoms with Crippen LogP contribution in [0.5, 0.6) is 0 Å². The van der Waals surface area contributed by atoms with E-state index < -0.39 is 11.8 Å². The number of imidazole rings is 1. The molecule has 1 heterocycles. The quantitative estimate of drug-likeness (QED) is 0.751. The van der Waals surface area contributed by atoms with Crippen LogP contribution in [0, 0.1) is 0 Å². The first kappa shape index (κ1) is 14.6. The molecule has 0 fully saturated rings. The van der Waals surface area contributed by atoms with Gasteiger partial charge in [0.1, 0.15) is 0 Å². The average Bonchev–Trinajstić information content (AvgIpc) is 2.93. The highest BCUT2D eigenvalue weighted by Gasteiger charge is 2.24. The number of aromatic carboxylic acids is 1. The van der Waals surface area contributed by atoms with Crippen molar-refractivity contribution in [3.8, 4) is 0 Å². The van der Waals surface area contributed by atoms with Crippen molar-refractivity contribution in [2.75, 3.05) is 0 Å². The summed E-state index contributed by atoms with van der Waals surface area (Å²) in [6.45, 7) is 1.33. The first-order chi connectivity index (χ1) is 11.0. The highest BCUT2D eigenvalue weighted by atomic mass is 16.4. The van der Waals surface area contributed by atoms with Crippen LogP contribution in [-0.4, -0.2) is 32.3 Å². The highest BCUT2D eigenvalue weighted by Crippen LogP contribution is 2.20. The fourth-order valence-corrected chi connectivity index (χ4v) is 2.49. The number of ketones is 1. The van der Waals surface area contributed by atoms with Crippen molar-refractivity contribution in [3.63, 3.8) is 0 Å². The van der Waals surface area contributed by atoms with E-state index in [-0.39, 0.29) is 22.9 Å². The van der Waals surface area contributed by atoms with E-state index in [4.69, 9.17) is 0 Å². The third-order valence-electron chi connectivity index (χ3n) is 3.48. The predicted molar refractivity (Wildman–Crippen MR) is 82.9 cm³/mol. The molecular formula is C17H12N2O4. The molecule has 1 N–H and O–H groups in total. The second-order valence-electron chi connectivity index (χ2n) is 4.96. The molecule has 0 spiro atoms. The summed E-state index contributed by atoms with van der Waals surface area (Å²) in [5.41, 5.74) is 0.882. The maximum Gasteiger partial charge on any atom is 0.336 e. The van der Waals surface area contributed by atoms with Gasteiger partial charge in [-0.1, -0.05) is 30.3 Å². The summed E-state index contributed by atoms with van der Waals surface area (Å²) in [5, 5.41) is 9.23. The zero-order chi connectivity index (χ0) is 16.6. The molecule has 6 heteroatoms. The molecule has 114 valence electrons. The molecule has 0 saturated heterocycles. The first-order valence-corrected chi connectivity index (χ1v) is 6.86. The lowest BCUT2D eigenvalue weighted by molar-refractivity contribution is 0.0692. The van der Waals surface area contributed by atoms with Gasteiger partial charge in [-0.3, -0.25) is 14.2 Å². The van der Waals surface area contributed by atoms with Gasteiger partial charge in [0.15, 0.2) is 5.82 Å². The number of para-hydroxylation sites is 2. The minimum absolute atomic E-state index is 0.00203. The SMILES string of the molecule is CC(=O)n1c(C(=O)c2ccccc2C(=O)O)nc2ccccc21. The summed E-state index contributed by atoms with van der Waals surface area (Å²) in [7, 11) is 0. The van der Waals surface area contributed by atoms with Gasteiger partial charge in [0, 0.05) is 12.5 Å². The number of carboxylic acids is 1. The first-order valence-electron chi connectivity index (χ1n) is 6.86. The van der Waals surface area contributed by atoms with Gasteiger partial charge in [-0.25, -0.2) is 9.78 Å². The van der Waals surface area contributed by atoms with Crippen LogP contribution in [0.2, 0.25) is 0 Å². The largest absolute Gasteiger partial charge is 0.478 e. The van der Waals surface area contributed by atoms with Crippen LogP contribution < -0.4 is 0 Å². The molecule has 0 amide bonds. The second-order valence-corrected chi connectivity index (χ2v) is 4.96. The van der Waals surface area contributed by atoms with Gasteiger partial charge in [-0.05, 0) is 18.2 Å². The van der Waals surface area contributed by atoms with Crippen molar-refractivity contribution in [3.05, 3.63) is 65.5 Å². The molecule has 3 aromatic rings. The van der Waals surface area contributed by atoms with Crippen molar-refractivity contribution in [2.24, 2.45) is 0 Å². The Kier molecular flexibility index (Phi) is 3.50. The van der Waals surface area contributed by atoms with Crippen molar-refractivity contribution in [2.45, 2.75) is 6.92 Å². The van der Waals surface area contributed by atoms with Crippen LogP contribution in [-0.2, 0) is 0 Å². The van der Waals surface area contributed by atoms with Crippen LogP contribution in [0.25, 0.3) is 11.0 Å². The van der Waals surface area contributed by atoms with Crippen molar-refractivity contribution >= 4 is 28.7 Å². The van der Waals surface area contributed by atoms with E-state index in [2.05, 4.69) is 4.98 Å². The minimum atomic E-state index is -1.21. The standard InChI is InChI=1S/C17H12N2O4/c1-10(20)19-14-9-5-4-8-13(14)18-16(19)15(21)11-6-2-3-7-12(11)17(22)23/h2-9H,1H3,(H,22,23). The number of carbonyl (C=O) groups excluding carboxylic acids is 2. The molecule has 0 bridgehead atoms. The lowest BCUT2D eigenvalue weighted by atomic mass is 10.0. The Labute approximate surface area is 131 Å². The van der Waals surface area contributed by atoms with Crippen LogP contribution in [0.15, 0.2) is 48.5 Å². The molecule has 1 aromatic heterocycles.